The van der Waals surface area contributed by atoms with Crippen LogP contribution in [0.25, 0.3) is 0 Å². The Morgan fingerprint density at radius 2 is 2.00 bits per heavy atom. The number of nitrogens with one attached hydrogen (secondary N) is 1. The molecular formula is C16H31N3. The van der Waals surface area contributed by atoms with Gasteiger partial charge in [0.2, 0.25) is 0 Å². The molecule has 0 spiro atoms. The maximum absolute atomic E-state index is 3.45. The van der Waals surface area contributed by atoms with Gasteiger partial charge in [-0.05, 0) is 71.1 Å². The molecule has 0 aromatic carbocycles. The van der Waals surface area contributed by atoms with Crippen molar-refractivity contribution in [2.24, 2.45) is 11.8 Å². The van der Waals surface area contributed by atoms with Crippen molar-refractivity contribution in [1.29, 1.82) is 0 Å². The van der Waals surface area contributed by atoms with Crippen molar-refractivity contribution in [2.75, 3.05) is 33.2 Å². The SMILES string of the molecule is CCCN1CC2C3CCN(CC3)C2C1CC(C)NC. The zero-order valence-corrected chi connectivity index (χ0v) is 12.9. The monoisotopic (exact) mass is 265 g/mol. The minimum Gasteiger partial charge on any atom is -0.317 e. The van der Waals surface area contributed by atoms with E-state index in [4.69, 9.17) is 0 Å². The summed E-state index contributed by atoms with van der Waals surface area (Å²) in [7, 11) is 2.11. The smallest absolute Gasteiger partial charge is 0.0295 e. The molecule has 0 aromatic heterocycles. The van der Waals surface area contributed by atoms with Gasteiger partial charge in [0.05, 0.1) is 0 Å². The third-order valence-electron chi connectivity index (χ3n) is 5.95. The molecule has 4 unspecified atom stereocenters. The van der Waals surface area contributed by atoms with E-state index in [2.05, 4.69) is 36.0 Å². The largest absolute Gasteiger partial charge is 0.317 e. The number of fused-ring (bicyclic) bond motifs is 2. The Balaban J connectivity index is 1.77. The molecule has 0 saturated carbocycles. The van der Waals surface area contributed by atoms with Crippen LogP contribution in [-0.2, 0) is 0 Å². The first-order valence-corrected chi connectivity index (χ1v) is 8.40. The normalized spacial score (nSPS) is 43.4. The average molecular weight is 265 g/mol. The van der Waals surface area contributed by atoms with Crippen LogP contribution in [0.3, 0.4) is 0 Å². The number of hydrogen-bond donors (Lipinski definition) is 1. The third-order valence-corrected chi connectivity index (χ3v) is 5.95. The van der Waals surface area contributed by atoms with Crippen LogP contribution in [0.15, 0.2) is 0 Å². The molecule has 0 radical (unpaired) electrons. The lowest BCUT2D eigenvalue weighted by Gasteiger charge is -2.50. The van der Waals surface area contributed by atoms with E-state index in [0.29, 0.717) is 6.04 Å². The van der Waals surface area contributed by atoms with Gasteiger partial charge < -0.3 is 5.32 Å². The first-order chi connectivity index (χ1) is 9.24. The van der Waals surface area contributed by atoms with Crippen LogP contribution < -0.4 is 5.32 Å². The van der Waals surface area contributed by atoms with Gasteiger partial charge in [-0.1, -0.05) is 6.92 Å². The molecule has 1 N–H and O–H groups in total. The van der Waals surface area contributed by atoms with Crippen molar-refractivity contribution >= 4 is 0 Å². The molecule has 19 heavy (non-hydrogen) atoms. The Bertz CT molecular complexity index is 298. The van der Waals surface area contributed by atoms with E-state index in [9.17, 15) is 0 Å². The lowest BCUT2D eigenvalue weighted by Crippen LogP contribution is -2.57. The summed E-state index contributed by atoms with van der Waals surface area (Å²) in [4.78, 5) is 5.65. The lowest BCUT2D eigenvalue weighted by atomic mass is 9.73. The third kappa shape index (κ3) is 2.45. The maximum Gasteiger partial charge on any atom is 0.0295 e. The van der Waals surface area contributed by atoms with Gasteiger partial charge in [-0.2, -0.15) is 0 Å². The van der Waals surface area contributed by atoms with Crippen molar-refractivity contribution in [2.45, 2.75) is 57.7 Å². The van der Waals surface area contributed by atoms with Crippen LogP contribution >= 0.6 is 0 Å². The molecule has 2 bridgehead atoms. The van der Waals surface area contributed by atoms with Crippen molar-refractivity contribution < 1.29 is 0 Å². The van der Waals surface area contributed by atoms with E-state index < -0.39 is 0 Å². The van der Waals surface area contributed by atoms with Crippen LogP contribution in [0.4, 0.5) is 0 Å². The van der Waals surface area contributed by atoms with E-state index in [0.717, 1.165) is 23.9 Å². The van der Waals surface area contributed by atoms with Gasteiger partial charge in [-0.15, -0.1) is 0 Å². The van der Waals surface area contributed by atoms with E-state index in [1.807, 2.05) is 0 Å². The van der Waals surface area contributed by atoms with Gasteiger partial charge in [0.1, 0.15) is 0 Å². The number of likely N-dealkylation sites (tertiary alicyclic amines) is 1. The van der Waals surface area contributed by atoms with Gasteiger partial charge in [0.15, 0.2) is 0 Å². The minimum atomic E-state index is 0.643. The zero-order chi connectivity index (χ0) is 13.4. The molecular weight excluding hydrogens is 234 g/mol. The second-order valence-electron chi connectivity index (χ2n) is 7.02. The summed E-state index contributed by atoms with van der Waals surface area (Å²) in [5, 5.41) is 3.45. The number of hydrogen-bond acceptors (Lipinski definition) is 3. The molecule has 4 rings (SSSR count). The molecule has 4 fully saturated rings. The predicted molar refractivity (Wildman–Crippen MR) is 80.4 cm³/mol. The van der Waals surface area contributed by atoms with Gasteiger partial charge in [0.25, 0.3) is 0 Å². The fraction of sp³-hybridized carbons (Fsp3) is 1.00. The summed E-state index contributed by atoms with van der Waals surface area (Å²) in [5.74, 6) is 2.01. The molecule has 4 heterocycles. The fourth-order valence-corrected chi connectivity index (χ4v) is 4.92. The average Bonchev–Trinajstić information content (AvgIpc) is 2.81. The molecule has 0 amide bonds. The molecule has 0 aromatic rings. The van der Waals surface area contributed by atoms with E-state index in [1.54, 1.807) is 0 Å². The van der Waals surface area contributed by atoms with Crippen LogP contribution in [0.5, 0.6) is 0 Å². The second kappa shape index (κ2) is 5.71. The van der Waals surface area contributed by atoms with Gasteiger partial charge in [-0.3, -0.25) is 9.80 Å². The van der Waals surface area contributed by atoms with Crippen LogP contribution in [-0.4, -0.2) is 61.2 Å². The number of piperidine rings is 3. The Morgan fingerprint density at radius 1 is 1.26 bits per heavy atom. The minimum absolute atomic E-state index is 0.643. The van der Waals surface area contributed by atoms with Crippen molar-refractivity contribution in [3.63, 3.8) is 0 Å². The Kier molecular flexibility index (Phi) is 4.16. The molecule has 3 nitrogen and oxygen atoms in total. The van der Waals surface area contributed by atoms with Gasteiger partial charge in [0, 0.05) is 24.7 Å². The van der Waals surface area contributed by atoms with Gasteiger partial charge in [-0.25, -0.2) is 0 Å². The quantitative estimate of drug-likeness (QED) is 0.817. The maximum atomic E-state index is 3.45. The molecule has 4 atom stereocenters. The van der Waals surface area contributed by atoms with Crippen LogP contribution in [0, 0.1) is 11.8 Å². The molecule has 4 aliphatic rings. The van der Waals surface area contributed by atoms with Gasteiger partial charge >= 0.3 is 0 Å². The summed E-state index contributed by atoms with van der Waals surface area (Å²) in [5.41, 5.74) is 0. The highest BCUT2D eigenvalue weighted by atomic mass is 15.3. The summed E-state index contributed by atoms with van der Waals surface area (Å²) in [6.07, 6.45) is 5.56. The zero-order valence-electron chi connectivity index (χ0n) is 12.9. The molecule has 110 valence electrons. The summed E-state index contributed by atoms with van der Waals surface area (Å²) in [6, 6.07) is 2.31. The Morgan fingerprint density at radius 3 is 2.63 bits per heavy atom. The first-order valence-electron chi connectivity index (χ1n) is 8.40. The highest BCUT2D eigenvalue weighted by Crippen LogP contribution is 2.44. The fourth-order valence-electron chi connectivity index (χ4n) is 4.92. The number of nitrogens with zero attached hydrogens (tertiary/aromatic N) is 2. The van der Waals surface area contributed by atoms with E-state index >= 15 is 0 Å². The van der Waals surface area contributed by atoms with Crippen LogP contribution in [0.2, 0.25) is 0 Å². The van der Waals surface area contributed by atoms with Crippen LogP contribution in [0.1, 0.15) is 39.5 Å². The Labute approximate surface area is 118 Å². The van der Waals surface area contributed by atoms with Crippen molar-refractivity contribution in [3.8, 4) is 0 Å². The standard InChI is InChI=1S/C16H31N3/c1-4-7-19-11-14-13-5-8-18(9-6-13)16(14)15(19)10-12(2)17-3/h12-17H,4-11H2,1-3H3. The van der Waals surface area contributed by atoms with Crippen molar-refractivity contribution in [1.82, 2.24) is 15.1 Å². The van der Waals surface area contributed by atoms with E-state index in [1.165, 1.54) is 51.9 Å². The highest BCUT2D eigenvalue weighted by molar-refractivity contribution is 5.07. The molecule has 0 aliphatic carbocycles. The Hall–Kier alpha value is -0.120. The van der Waals surface area contributed by atoms with Crippen molar-refractivity contribution in [3.05, 3.63) is 0 Å². The summed E-state index contributed by atoms with van der Waals surface area (Å²) >= 11 is 0. The summed E-state index contributed by atoms with van der Waals surface area (Å²) in [6.45, 7) is 10.1. The second-order valence-corrected chi connectivity index (χ2v) is 7.02. The van der Waals surface area contributed by atoms with E-state index in [-0.39, 0.29) is 0 Å². The first kappa shape index (κ1) is 13.8. The molecule has 4 saturated heterocycles. The number of rotatable bonds is 5. The molecule has 3 heteroatoms. The summed E-state index contributed by atoms with van der Waals surface area (Å²) < 4.78 is 0. The highest BCUT2D eigenvalue weighted by Gasteiger charge is 2.51. The predicted octanol–water partition coefficient (Wildman–Crippen LogP) is 1.79. The topological polar surface area (TPSA) is 18.5 Å². The lowest BCUT2D eigenvalue weighted by molar-refractivity contribution is 0.00122. The molecule has 4 aliphatic heterocycles.